The number of nitrogen functional groups attached to an aromatic ring is 1. The monoisotopic (exact) mass is 414 g/mol. The largest absolute Gasteiger partial charge is 0.486 e. The van der Waals surface area contributed by atoms with Crippen molar-refractivity contribution in [3.8, 4) is 11.5 Å². The zero-order chi connectivity index (χ0) is 20.4. The molecule has 3 heterocycles. The van der Waals surface area contributed by atoms with Crippen LogP contribution in [0.4, 0.5) is 5.82 Å². The number of fused-ring (bicyclic) bond motifs is 2. The van der Waals surface area contributed by atoms with Crippen molar-refractivity contribution in [1.82, 2.24) is 24.8 Å². The summed E-state index contributed by atoms with van der Waals surface area (Å²) in [6, 6.07) is 4.50. The summed E-state index contributed by atoms with van der Waals surface area (Å²) in [7, 11) is 0. The second-order valence-corrected chi connectivity index (χ2v) is 8.31. The molecule has 4 rings (SSSR count). The van der Waals surface area contributed by atoms with Gasteiger partial charge in [0, 0.05) is 17.5 Å². The lowest BCUT2D eigenvalue weighted by molar-refractivity contribution is 0.171. The molecule has 1 aliphatic heterocycles. The van der Waals surface area contributed by atoms with Gasteiger partial charge in [0.2, 0.25) is 0 Å². The van der Waals surface area contributed by atoms with E-state index in [1.165, 1.54) is 6.33 Å². The molecule has 0 saturated carbocycles. The highest BCUT2D eigenvalue weighted by Gasteiger charge is 2.19. The van der Waals surface area contributed by atoms with E-state index < -0.39 is 0 Å². The molecule has 1 aromatic carbocycles. The number of ether oxygens (including phenoxy) is 2. The Balaban J connectivity index is 1.66. The van der Waals surface area contributed by atoms with Crippen LogP contribution in [0.2, 0.25) is 0 Å². The van der Waals surface area contributed by atoms with Crippen LogP contribution in [0, 0.1) is 6.92 Å². The third-order valence-electron chi connectivity index (χ3n) is 4.68. The number of nitrogens with one attached hydrogen (secondary N) is 1. The second kappa shape index (κ2) is 8.46. The van der Waals surface area contributed by atoms with Gasteiger partial charge in [0.1, 0.15) is 19.5 Å². The molecule has 8 nitrogen and oxygen atoms in total. The predicted molar refractivity (Wildman–Crippen MR) is 114 cm³/mol. The fourth-order valence-corrected chi connectivity index (χ4v) is 4.23. The van der Waals surface area contributed by atoms with E-state index in [0.29, 0.717) is 30.6 Å². The fourth-order valence-electron chi connectivity index (χ4n) is 3.22. The van der Waals surface area contributed by atoms with Crippen molar-refractivity contribution in [1.29, 1.82) is 0 Å². The Morgan fingerprint density at radius 2 is 1.97 bits per heavy atom. The molecule has 1 aliphatic rings. The van der Waals surface area contributed by atoms with Crippen LogP contribution in [-0.2, 0) is 6.54 Å². The summed E-state index contributed by atoms with van der Waals surface area (Å²) in [6.45, 7) is 9.21. The van der Waals surface area contributed by atoms with Crippen LogP contribution >= 0.6 is 11.8 Å². The Morgan fingerprint density at radius 1 is 1.21 bits per heavy atom. The normalized spacial score (nSPS) is 13.4. The molecule has 9 heteroatoms. The van der Waals surface area contributed by atoms with E-state index in [1.54, 1.807) is 11.8 Å². The topological polar surface area (TPSA) is 100 Å². The van der Waals surface area contributed by atoms with Crippen molar-refractivity contribution in [2.75, 3.05) is 25.5 Å². The van der Waals surface area contributed by atoms with Crippen molar-refractivity contribution >= 4 is 28.7 Å². The smallest absolute Gasteiger partial charge is 0.175 e. The van der Waals surface area contributed by atoms with E-state index in [-0.39, 0.29) is 0 Å². The Hall–Kier alpha value is -2.52. The van der Waals surface area contributed by atoms with E-state index in [2.05, 4.69) is 40.6 Å². The minimum atomic E-state index is 0.398. The first-order chi connectivity index (χ1) is 14.0. The molecular formula is C20H26N6O2S. The lowest BCUT2D eigenvalue weighted by atomic mass is 10.2. The van der Waals surface area contributed by atoms with Gasteiger partial charge >= 0.3 is 0 Å². The number of nitrogens with zero attached hydrogens (tertiary/aromatic N) is 4. The number of aromatic nitrogens is 4. The molecule has 0 aliphatic carbocycles. The minimum absolute atomic E-state index is 0.398. The van der Waals surface area contributed by atoms with Gasteiger partial charge in [0.05, 0.1) is 0 Å². The van der Waals surface area contributed by atoms with E-state index in [1.807, 2.05) is 12.1 Å². The van der Waals surface area contributed by atoms with Gasteiger partial charge in [-0.3, -0.25) is 0 Å². The van der Waals surface area contributed by atoms with Crippen LogP contribution in [-0.4, -0.2) is 45.3 Å². The van der Waals surface area contributed by atoms with Crippen LogP contribution in [0.15, 0.2) is 28.5 Å². The number of benzene rings is 1. The van der Waals surface area contributed by atoms with Gasteiger partial charge < -0.3 is 25.1 Å². The molecule has 2 aromatic heterocycles. The maximum Gasteiger partial charge on any atom is 0.175 e. The fraction of sp³-hybridized carbons (Fsp3) is 0.450. The first-order valence-corrected chi connectivity index (χ1v) is 10.6. The maximum absolute atomic E-state index is 6.06. The van der Waals surface area contributed by atoms with Crippen molar-refractivity contribution in [2.24, 2.45) is 0 Å². The summed E-state index contributed by atoms with van der Waals surface area (Å²) in [5.74, 6) is 1.96. The van der Waals surface area contributed by atoms with Gasteiger partial charge in [-0.1, -0.05) is 25.6 Å². The first-order valence-electron chi connectivity index (χ1n) is 9.81. The van der Waals surface area contributed by atoms with Crippen molar-refractivity contribution in [3.63, 3.8) is 0 Å². The molecule has 29 heavy (non-hydrogen) atoms. The van der Waals surface area contributed by atoms with Crippen LogP contribution < -0.4 is 20.5 Å². The number of nitrogens with two attached hydrogens (primary N) is 1. The highest BCUT2D eigenvalue weighted by Crippen LogP contribution is 2.40. The van der Waals surface area contributed by atoms with Gasteiger partial charge in [-0.25, -0.2) is 15.0 Å². The zero-order valence-corrected chi connectivity index (χ0v) is 17.8. The summed E-state index contributed by atoms with van der Waals surface area (Å²) < 4.78 is 13.6. The molecule has 0 fully saturated rings. The molecule has 0 unspecified atom stereocenters. The number of hydrogen-bond donors (Lipinski definition) is 2. The molecule has 0 bridgehead atoms. The Kier molecular flexibility index (Phi) is 5.77. The van der Waals surface area contributed by atoms with Gasteiger partial charge in [-0.15, -0.1) is 0 Å². The molecule has 0 atom stereocenters. The quantitative estimate of drug-likeness (QED) is 0.569. The molecule has 3 N–H and O–H groups in total. The number of aryl methyl sites for hydroxylation is 2. The summed E-state index contributed by atoms with van der Waals surface area (Å²) >= 11 is 1.58. The van der Waals surface area contributed by atoms with Crippen molar-refractivity contribution < 1.29 is 9.47 Å². The van der Waals surface area contributed by atoms with Gasteiger partial charge in [-0.2, -0.15) is 0 Å². The summed E-state index contributed by atoms with van der Waals surface area (Å²) in [4.78, 5) is 14.4. The van der Waals surface area contributed by atoms with E-state index in [9.17, 15) is 0 Å². The number of rotatable bonds is 7. The molecule has 0 radical (unpaired) electrons. The lowest BCUT2D eigenvalue weighted by Gasteiger charge is -2.20. The number of anilines is 1. The van der Waals surface area contributed by atoms with Crippen molar-refractivity contribution in [3.05, 3.63) is 24.0 Å². The van der Waals surface area contributed by atoms with E-state index in [0.717, 1.165) is 52.3 Å². The average Bonchev–Trinajstić information content (AvgIpc) is 3.04. The third kappa shape index (κ3) is 4.25. The standard InChI is InChI=1S/C20H26N6O2S/c1-12(2)22-5-4-6-26-19-17(18(21)23-11-24-19)25-20(26)29-16-10-15-14(9-13(16)3)27-7-8-28-15/h9-12,22H,4-8H2,1-3H3,(H2,21,23,24). The predicted octanol–water partition coefficient (Wildman–Crippen LogP) is 3.03. The second-order valence-electron chi connectivity index (χ2n) is 7.30. The molecule has 0 saturated heterocycles. The SMILES string of the molecule is Cc1cc2c(cc1Sc1nc3c(N)ncnc3n1CCCNC(C)C)OCCO2. The van der Waals surface area contributed by atoms with Gasteiger partial charge in [-0.05, 0) is 37.6 Å². The third-order valence-corrected chi connectivity index (χ3v) is 5.83. The zero-order valence-electron chi connectivity index (χ0n) is 16.9. The summed E-state index contributed by atoms with van der Waals surface area (Å²) in [5.41, 5.74) is 8.58. The maximum atomic E-state index is 6.06. The van der Waals surface area contributed by atoms with Crippen LogP contribution in [0.5, 0.6) is 11.5 Å². The Morgan fingerprint density at radius 3 is 2.72 bits per heavy atom. The van der Waals surface area contributed by atoms with E-state index in [4.69, 9.17) is 20.2 Å². The van der Waals surface area contributed by atoms with Crippen molar-refractivity contribution in [2.45, 2.75) is 49.8 Å². The lowest BCUT2D eigenvalue weighted by Crippen LogP contribution is -2.24. The minimum Gasteiger partial charge on any atom is -0.486 e. The number of hydrogen-bond acceptors (Lipinski definition) is 8. The van der Waals surface area contributed by atoms with Crippen LogP contribution in [0.1, 0.15) is 25.8 Å². The van der Waals surface area contributed by atoms with Gasteiger partial charge in [0.15, 0.2) is 33.6 Å². The molecule has 3 aromatic rings. The Labute approximate surface area is 174 Å². The molecule has 0 spiro atoms. The Bertz CT molecular complexity index is 1020. The molecule has 0 amide bonds. The van der Waals surface area contributed by atoms with Gasteiger partial charge in [0.25, 0.3) is 0 Å². The first kappa shape index (κ1) is 19.8. The van der Waals surface area contributed by atoms with E-state index >= 15 is 0 Å². The molecule has 154 valence electrons. The van der Waals surface area contributed by atoms with Crippen LogP contribution in [0.25, 0.3) is 11.2 Å². The van der Waals surface area contributed by atoms with Crippen LogP contribution in [0.3, 0.4) is 0 Å². The molecular weight excluding hydrogens is 388 g/mol. The number of imidazole rings is 1. The highest BCUT2D eigenvalue weighted by molar-refractivity contribution is 7.99. The summed E-state index contributed by atoms with van der Waals surface area (Å²) in [6.07, 6.45) is 2.45. The average molecular weight is 415 g/mol. The summed E-state index contributed by atoms with van der Waals surface area (Å²) in [5, 5.41) is 4.30. The highest BCUT2D eigenvalue weighted by atomic mass is 32.2.